The molecule has 1 aliphatic heterocycles. The summed E-state index contributed by atoms with van der Waals surface area (Å²) in [5.41, 5.74) is 3.48. The molecule has 0 fully saturated rings. The van der Waals surface area contributed by atoms with Crippen molar-refractivity contribution < 1.29 is 9.53 Å². The zero-order valence-electron chi connectivity index (χ0n) is 15.0. The van der Waals surface area contributed by atoms with Gasteiger partial charge in [-0.05, 0) is 36.6 Å². The summed E-state index contributed by atoms with van der Waals surface area (Å²) < 4.78 is 7.24. The summed E-state index contributed by atoms with van der Waals surface area (Å²) in [6, 6.07) is 6.02. The molecule has 136 valence electrons. The number of nitrogens with zero attached hydrogens (tertiary/aromatic N) is 2. The van der Waals surface area contributed by atoms with Crippen LogP contribution in [0.2, 0.25) is 0 Å². The van der Waals surface area contributed by atoms with E-state index < -0.39 is 0 Å². The average molecular weight is 372 g/mol. The fourth-order valence-electron chi connectivity index (χ4n) is 3.04. The summed E-state index contributed by atoms with van der Waals surface area (Å²) in [5, 5.41) is 3.43. The minimum absolute atomic E-state index is 0.177. The molecular weight excluding hydrogens is 350 g/mol. The maximum absolute atomic E-state index is 12.8. The van der Waals surface area contributed by atoms with Crippen molar-refractivity contribution in [2.75, 3.05) is 6.61 Å². The fraction of sp³-hybridized carbons (Fsp3) is 0.300. The Kier molecular flexibility index (Phi) is 5.47. The molecule has 26 heavy (non-hydrogen) atoms. The number of ether oxygens (including phenoxy) is 1. The lowest BCUT2D eigenvalue weighted by atomic mass is 10.1. The van der Waals surface area contributed by atoms with Crippen LogP contribution in [-0.4, -0.2) is 22.1 Å². The maximum atomic E-state index is 12.8. The summed E-state index contributed by atoms with van der Waals surface area (Å²) in [5.74, 6) is 1.47. The third-order valence-electron chi connectivity index (χ3n) is 4.36. The molecule has 1 N–H and O–H groups in total. The molecule has 1 aromatic heterocycles. The van der Waals surface area contributed by atoms with Gasteiger partial charge in [0.15, 0.2) is 0 Å². The number of carbonyl (C=O) groups excluding carboxylic acids is 1. The lowest BCUT2D eigenvalue weighted by molar-refractivity contribution is 0.0943. The Labute approximate surface area is 158 Å². The van der Waals surface area contributed by atoms with Crippen LogP contribution in [0.15, 0.2) is 35.9 Å². The number of rotatable bonds is 6. The van der Waals surface area contributed by atoms with Gasteiger partial charge in [0.1, 0.15) is 17.3 Å². The minimum Gasteiger partial charge on any atom is -0.493 e. The molecule has 0 aliphatic carbocycles. The monoisotopic (exact) mass is 371 g/mol. The molecule has 2 aromatic rings. The first-order chi connectivity index (χ1) is 12.5. The molecule has 1 amide bonds. The predicted octanol–water partition coefficient (Wildman–Crippen LogP) is 3.84. The van der Waals surface area contributed by atoms with E-state index in [2.05, 4.69) is 22.9 Å². The van der Waals surface area contributed by atoms with E-state index >= 15 is 0 Å². The normalized spacial score (nSPS) is 13.3. The van der Waals surface area contributed by atoms with E-state index in [1.807, 2.05) is 26.0 Å². The summed E-state index contributed by atoms with van der Waals surface area (Å²) in [7, 11) is 0. The number of amides is 1. The highest BCUT2D eigenvalue weighted by Crippen LogP contribution is 2.26. The Balaban J connectivity index is 1.82. The van der Waals surface area contributed by atoms with Crippen molar-refractivity contribution in [1.82, 2.24) is 14.9 Å². The Morgan fingerprint density at radius 3 is 3.04 bits per heavy atom. The zero-order chi connectivity index (χ0) is 18.7. The fourth-order valence-corrected chi connectivity index (χ4v) is 3.14. The lowest BCUT2D eigenvalue weighted by Crippen LogP contribution is -2.26. The van der Waals surface area contributed by atoms with Crippen LogP contribution in [0.1, 0.15) is 40.1 Å². The van der Waals surface area contributed by atoms with E-state index in [9.17, 15) is 4.79 Å². The van der Waals surface area contributed by atoms with Crippen LogP contribution >= 0.6 is 11.6 Å². The van der Waals surface area contributed by atoms with Crippen LogP contribution in [-0.2, 0) is 19.4 Å². The maximum Gasteiger partial charge on any atom is 0.270 e. The average Bonchev–Trinajstić information content (AvgIpc) is 3.23. The molecule has 0 saturated carbocycles. The smallest absolute Gasteiger partial charge is 0.270 e. The molecular formula is C20H22ClN3O2. The van der Waals surface area contributed by atoms with Crippen molar-refractivity contribution in [3.05, 3.63) is 64.2 Å². The first-order valence-corrected chi connectivity index (χ1v) is 9.01. The van der Waals surface area contributed by atoms with Crippen LogP contribution in [0.4, 0.5) is 0 Å². The second-order valence-electron chi connectivity index (χ2n) is 6.12. The van der Waals surface area contributed by atoms with Gasteiger partial charge in [0, 0.05) is 19.2 Å². The van der Waals surface area contributed by atoms with Crippen LogP contribution in [0.25, 0.3) is 6.20 Å². The number of allylic oxidation sites excluding steroid dienone is 2. The Hall–Kier alpha value is -2.53. The molecule has 0 atom stereocenters. The van der Waals surface area contributed by atoms with Gasteiger partial charge in [-0.25, -0.2) is 4.98 Å². The Morgan fingerprint density at radius 1 is 1.50 bits per heavy atom. The predicted molar refractivity (Wildman–Crippen MR) is 103 cm³/mol. The number of hydrogen-bond acceptors (Lipinski definition) is 3. The molecule has 1 aromatic carbocycles. The van der Waals surface area contributed by atoms with Crippen LogP contribution in [0, 0.1) is 6.92 Å². The van der Waals surface area contributed by atoms with Crippen molar-refractivity contribution in [3.63, 3.8) is 0 Å². The minimum atomic E-state index is -0.177. The second-order valence-corrected chi connectivity index (χ2v) is 6.56. The van der Waals surface area contributed by atoms with E-state index in [0.717, 1.165) is 30.0 Å². The second kappa shape index (κ2) is 7.79. The standard InChI is InChI=1S/C20H22ClN3O2/c1-4-16(21)12-24-13(3)23-17(5-2)19(24)20(25)22-11-14-6-7-18-15(10-14)8-9-26-18/h4,6-7,10,12H,1,5,8-9,11H2,2-3H3,(H,22,25)/b16-12+. The van der Waals surface area contributed by atoms with Crippen LogP contribution in [0.3, 0.4) is 0 Å². The van der Waals surface area contributed by atoms with Crippen molar-refractivity contribution >= 4 is 23.7 Å². The molecule has 0 unspecified atom stereocenters. The van der Waals surface area contributed by atoms with E-state index in [1.54, 1.807) is 10.8 Å². The largest absolute Gasteiger partial charge is 0.493 e. The van der Waals surface area contributed by atoms with Gasteiger partial charge in [-0.15, -0.1) is 0 Å². The number of fused-ring (bicyclic) bond motifs is 1. The number of aryl methyl sites for hydroxylation is 2. The highest BCUT2D eigenvalue weighted by molar-refractivity contribution is 6.32. The SMILES string of the molecule is C=C/C(Cl)=C\n1c(C)nc(CC)c1C(=O)NCc1ccc2c(c1)CCO2. The first-order valence-electron chi connectivity index (χ1n) is 8.63. The molecule has 0 spiro atoms. The number of aromatic nitrogens is 2. The molecule has 0 bridgehead atoms. The molecule has 0 radical (unpaired) electrons. The molecule has 3 rings (SSSR count). The van der Waals surface area contributed by atoms with E-state index in [0.29, 0.717) is 29.5 Å². The Bertz CT molecular complexity index is 883. The van der Waals surface area contributed by atoms with Crippen LogP contribution < -0.4 is 10.1 Å². The molecule has 6 heteroatoms. The summed E-state index contributed by atoms with van der Waals surface area (Å²) in [6.45, 7) is 8.63. The van der Waals surface area contributed by atoms with Gasteiger partial charge in [-0.3, -0.25) is 9.36 Å². The lowest BCUT2D eigenvalue weighted by Gasteiger charge is -2.10. The molecule has 0 saturated heterocycles. The van der Waals surface area contributed by atoms with Gasteiger partial charge in [-0.2, -0.15) is 0 Å². The van der Waals surface area contributed by atoms with Gasteiger partial charge in [0.25, 0.3) is 5.91 Å². The van der Waals surface area contributed by atoms with Crippen molar-refractivity contribution in [1.29, 1.82) is 0 Å². The quantitative estimate of drug-likeness (QED) is 0.785. The van der Waals surface area contributed by atoms with Crippen molar-refractivity contribution in [3.8, 4) is 5.75 Å². The summed E-state index contributed by atoms with van der Waals surface area (Å²) in [4.78, 5) is 17.3. The first kappa shape index (κ1) is 18.3. The molecule has 2 heterocycles. The van der Waals surface area contributed by atoms with Gasteiger partial charge in [-0.1, -0.05) is 37.2 Å². The van der Waals surface area contributed by atoms with Gasteiger partial charge >= 0.3 is 0 Å². The number of halogens is 1. The van der Waals surface area contributed by atoms with E-state index in [1.165, 1.54) is 11.6 Å². The van der Waals surface area contributed by atoms with Gasteiger partial charge in [0.2, 0.25) is 0 Å². The number of benzene rings is 1. The topological polar surface area (TPSA) is 56.2 Å². The molecule has 5 nitrogen and oxygen atoms in total. The third-order valence-corrected chi connectivity index (χ3v) is 4.62. The zero-order valence-corrected chi connectivity index (χ0v) is 15.8. The summed E-state index contributed by atoms with van der Waals surface area (Å²) >= 11 is 6.08. The number of imidazole rings is 1. The van der Waals surface area contributed by atoms with Gasteiger partial charge < -0.3 is 10.1 Å². The number of carbonyl (C=O) groups is 1. The third kappa shape index (κ3) is 3.68. The molecule has 1 aliphatic rings. The highest BCUT2D eigenvalue weighted by atomic mass is 35.5. The highest BCUT2D eigenvalue weighted by Gasteiger charge is 2.20. The Morgan fingerprint density at radius 2 is 2.31 bits per heavy atom. The number of nitrogens with one attached hydrogen (secondary N) is 1. The summed E-state index contributed by atoms with van der Waals surface area (Å²) in [6.07, 6.45) is 4.76. The van der Waals surface area contributed by atoms with E-state index in [4.69, 9.17) is 16.3 Å². The van der Waals surface area contributed by atoms with Crippen molar-refractivity contribution in [2.45, 2.75) is 33.2 Å². The van der Waals surface area contributed by atoms with E-state index in [-0.39, 0.29) is 5.91 Å². The number of hydrogen-bond donors (Lipinski definition) is 1. The van der Waals surface area contributed by atoms with Crippen LogP contribution in [0.5, 0.6) is 5.75 Å². The van der Waals surface area contributed by atoms with Gasteiger partial charge in [0.05, 0.1) is 17.3 Å². The van der Waals surface area contributed by atoms with Crippen molar-refractivity contribution in [2.24, 2.45) is 0 Å².